The number of morpholine rings is 1. The Hall–Kier alpha value is -2.53. The van der Waals surface area contributed by atoms with Crippen LogP contribution in [0, 0.1) is 20.8 Å². The zero-order valence-corrected chi connectivity index (χ0v) is 16.5. The monoisotopic (exact) mass is 369 g/mol. The molecule has 3 rings (SSSR count). The number of ether oxygens (including phenoxy) is 3. The van der Waals surface area contributed by atoms with E-state index in [1.807, 2.05) is 62.1 Å². The van der Waals surface area contributed by atoms with Crippen LogP contribution in [0.4, 0.5) is 0 Å². The summed E-state index contributed by atoms with van der Waals surface area (Å²) in [5, 5.41) is 0. The molecule has 144 valence electrons. The van der Waals surface area contributed by atoms with Crippen molar-refractivity contribution in [2.75, 3.05) is 33.4 Å². The van der Waals surface area contributed by atoms with Gasteiger partial charge in [0.2, 0.25) is 0 Å². The van der Waals surface area contributed by atoms with Crippen LogP contribution in [0.5, 0.6) is 11.5 Å². The number of nitrogens with zero attached hydrogens (tertiary/aromatic N) is 1. The van der Waals surface area contributed by atoms with Crippen molar-refractivity contribution in [2.45, 2.75) is 26.9 Å². The topological polar surface area (TPSA) is 48.0 Å². The SMILES string of the molecule is COc1c(C)cc(C(=O)N2CCOC(COc3ccc(C)cc3)C2)cc1C. The highest BCUT2D eigenvalue weighted by atomic mass is 16.5. The van der Waals surface area contributed by atoms with Crippen LogP contribution in [-0.4, -0.2) is 50.3 Å². The number of carbonyl (C=O) groups is 1. The second-order valence-electron chi connectivity index (χ2n) is 7.01. The molecule has 1 unspecified atom stereocenters. The highest BCUT2D eigenvalue weighted by Gasteiger charge is 2.26. The number of carbonyl (C=O) groups excluding carboxylic acids is 1. The van der Waals surface area contributed by atoms with Gasteiger partial charge in [0.05, 0.1) is 20.3 Å². The first-order chi connectivity index (χ1) is 13.0. The van der Waals surface area contributed by atoms with Crippen LogP contribution in [0.3, 0.4) is 0 Å². The molecule has 0 aromatic heterocycles. The maximum atomic E-state index is 12.9. The molecule has 1 saturated heterocycles. The smallest absolute Gasteiger partial charge is 0.254 e. The zero-order chi connectivity index (χ0) is 19.4. The average Bonchev–Trinajstić information content (AvgIpc) is 2.67. The third-order valence-electron chi connectivity index (χ3n) is 4.79. The van der Waals surface area contributed by atoms with E-state index in [0.29, 0.717) is 31.9 Å². The minimum Gasteiger partial charge on any atom is -0.496 e. The molecular weight excluding hydrogens is 342 g/mol. The summed E-state index contributed by atoms with van der Waals surface area (Å²) >= 11 is 0. The van der Waals surface area contributed by atoms with Crippen molar-refractivity contribution in [3.05, 3.63) is 58.7 Å². The van der Waals surface area contributed by atoms with Gasteiger partial charge >= 0.3 is 0 Å². The summed E-state index contributed by atoms with van der Waals surface area (Å²) in [5.41, 5.74) is 3.81. The molecule has 0 N–H and O–H groups in total. The lowest BCUT2D eigenvalue weighted by atomic mass is 10.0. The summed E-state index contributed by atoms with van der Waals surface area (Å²) in [6, 6.07) is 11.7. The van der Waals surface area contributed by atoms with Crippen LogP contribution in [0.2, 0.25) is 0 Å². The minimum atomic E-state index is -0.135. The first-order valence-corrected chi connectivity index (χ1v) is 9.23. The molecule has 5 heteroatoms. The number of hydrogen-bond donors (Lipinski definition) is 0. The standard InChI is InChI=1S/C22H27NO4/c1-15-5-7-19(8-6-15)27-14-20-13-23(9-10-26-20)22(24)18-11-16(2)21(25-4)17(3)12-18/h5-8,11-12,20H,9-10,13-14H2,1-4H3. The molecular formula is C22H27NO4. The van der Waals surface area contributed by atoms with E-state index in [1.165, 1.54) is 5.56 Å². The van der Waals surface area contributed by atoms with E-state index in [2.05, 4.69) is 0 Å². The summed E-state index contributed by atoms with van der Waals surface area (Å²) in [6.07, 6.45) is -0.135. The van der Waals surface area contributed by atoms with Crippen molar-refractivity contribution in [2.24, 2.45) is 0 Å². The van der Waals surface area contributed by atoms with Crippen LogP contribution in [0.1, 0.15) is 27.0 Å². The molecule has 2 aromatic rings. The summed E-state index contributed by atoms with van der Waals surface area (Å²) < 4.78 is 17.0. The van der Waals surface area contributed by atoms with Crippen LogP contribution in [-0.2, 0) is 4.74 Å². The molecule has 0 bridgehead atoms. The Labute approximate surface area is 160 Å². The Morgan fingerprint density at radius 2 is 1.81 bits per heavy atom. The summed E-state index contributed by atoms with van der Waals surface area (Å²) in [7, 11) is 1.65. The quantitative estimate of drug-likeness (QED) is 0.809. The van der Waals surface area contributed by atoms with Gasteiger partial charge in [0.25, 0.3) is 5.91 Å². The van der Waals surface area contributed by atoms with Gasteiger partial charge in [-0.15, -0.1) is 0 Å². The van der Waals surface area contributed by atoms with Gasteiger partial charge in [0.1, 0.15) is 24.2 Å². The van der Waals surface area contributed by atoms with Crippen molar-refractivity contribution < 1.29 is 19.0 Å². The highest BCUT2D eigenvalue weighted by Crippen LogP contribution is 2.25. The van der Waals surface area contributed by atoms with E-state index in [-0.39, 0.29) is 12.0 Å². The molecule has 0 radical (unpaired) electrons. The van der Waals surface area contributed by atoms with E-state index < -0.39 is 0 Å². The molecule has 1 aliphatic heterocycles. The molecule has 1 fully saturated rings. The molecule has 5 nitrogen and oxygen atoms in total. The minimum absolute atomic E-state index is 0.0208. The molecule has 2 aromatic carbocycles. The van der Waals surface area contributed by atoms with Crippen molar-refractivity contribution in [3.63, 3.8) is 0 Å². The summed E-state index contributed by atoms with van der Waals surface area (Å²) in [6.45, 7) is 8.01. The fourth-order valence-corrected chi connectivity index (χ4v) is 3.41. The molecule has 1 atom stereocenters. The van der Waals surface area contributed by atoms with Gasteiger partial charge in [-0.2, -0.15) is 0 Å². The van der Waals surface area contributed by atoms with Crippen LogP contribution in [0.15, 0.2) is 36.4 Å². The highest BCUT2D eigenvalue weighted by molar-refractivity contribution is 5.95. The van der Waals surface area contributed by atoms with Crippen LogP contribution in [0.25, 0.3) is 0 Å². The number of amides is 1. The number of benzene rings is 2. The van der Waals surface area contributed by atoms with E-state index in [9.17, 15) is 4.79 Å². The molecule has 1 heterocycles. The number of aryl methyl sites for hydroxylation is 3. The molecule has 0 saturated carbocycles. The molecule has 1 aliphatic rings. The largest absolute Gasteiger partial charge is 0.496 e. The normalized spacial score (nSPS) is 16.9. The van der Waals surface area contributed by atoms with Crippen LogP contribution >= 0.6 is 0 Å². The molecule has 0 spiro atoms. The van der Waals surface area contributed by atoms with E-state index in [0.717, 1.165) is 22.6 Å². The van der Waals surface area contributed by atoms with E-state index in [4.69, 9.17) is 14.2 Å². The Morgan fingerprint density at radius 3 is 2.44 bits per heavy atom. The Balaban J connectivity index is 1.63. The lowest BCUT2D eigenvalue weighted by Crippen LogP contribution is -2.47. The van der Waals surface area contributed by atoms with Gasteiger partial charge in [-0.1, -0.05) is 17.7 Å². The van der Waals surface area contributed by atoms with Gasteiger partial charge in [-0.05, 0) is 56.2 Å². The Kier molecular flexibility index (Phi) is 6.01. The summed E-state index contributed by atoms with van der Waals surface area (Å²) in [4.78, 5) is 14.8. The fraction of sp³-hybridized carbons (Fsp3) is 0.409. The van der Waals surface area contributed by atoms with Crippen LogP contribution < -0.4 is 9.47 Å². The van der Waals surface area contributed by atoms with E-state index >= 15 is 0 Å². The van der Waals surface area contributed by atoms with Crippen molar-refractivity contribution in [3.8, 4) is 11.5 Å². The second kappa shape index (κ2) is 8.44. The zero-order valence-electron chi connectivity index (χ0n) is 16.5. The van der Waals surface area contributed by atoms with Gasteiger partial charge in [-0.3, -0.25) is 4.79 Å². The third kappa shape index (κ3) is 4.61. The van der Waals surface area contributed by atoms with Gasteiger partial charge in [-0.25, -0.2) is 0 Å². The van der Waals surface area contributed by atoms with Gasteiger partial charge in [0, 0.05) is 12.1 Å². The molecule has 1 amide bonds. The lowest BCUT2D eigenvalue weighted by molar-refractivity contribution is -0.0401. The van der Waals surface area contributed by atoms with Crippen molar-refractivity contribution in [1.29, 1.82) is 0 Å². The van der Waals surface area contributed by atoms with Gasteiger partial charge < -0.3 is 19.1 Å². The first kappa shape index (κ1) is 19.2. The number of methoxy groups -OCH3 is 1. The third-order valence-corrected chi connectivity index (χ3v) is 4.79. The predicted molar refractivity (Wildman–Crippen MR) is 105 cm³/mol. The van der Waals surface area contributed by atoms with Crippen molar-refractivity contribution in [1.82, 2.24) is 4.90 Å². The second-order valence-corrected chi connectivity index (χ2v) is 7.01. The Morgan fingerprint density at radius 1 is 1.15 bits per heavy atom. The summed E-state index contributed by atoms with van der Waals surface area (Å²) in [5.74, 6) is 1.67. The average molecular weight is 369 g/mol. The van der Waals surface area contributed by atoms with E-state index in [1.54, 1.807) is 7.11 Å². The maximum Gasteiger partial charge on any atom is 0.254 e. The maximum absolute atomic E-state index is 12.9. The fourth-order valence-electron chi connectivity index (χ4n) is 3.41. The predicted octanol–water partition coefficient (Wildman–Crippen LogP) is 3.54. The number of hydrogen-bond acceptors (Lipinski definition) is 4. The van der Waals surface area contributed by atoms with Gasteiger partial charge in [0.15, 0.2) is 0 Å². The number of rotatable bonds is 5. The lowest BCUT2D eigenvalue weighted by Gasteiger charge is -2.33. The molecule has 27 heavy (non-hydrogen) atoms. The molecule has 0 aliphatic carbocycles. The van der Waals surface area contributed by atoms with Crippen molar-refractivity contribution >= 4 is 5.91 Å². The Bertz CT molecular complexity index is 777. The first-order valence-electron chi connectivity index (χ1n) is 9.23.